The second kappa shape index (κ2) is 9.28. The van der Waals surface area contributed by atoms with Gasteiger partial charge in [0, 0.05) is 30.2 Å². The molecule has 0 spiro atoms. The van der Waals surface area contributed by atoms with Gasteiger partial charge in [-0.2, -0.15) is 0 Å². The summed E-state index contributed by atoms with van der Waals surface area (Å²) in [7, 11) is -3.45. The van der Waals surface area contributed by atoms with Crippen LogP contribution in [0.5, 0.6) is 0 Å². The maximum absolute atomic E-state index is 12.4. The summed E-state index contributed by atoms with van der Waals surface area (Å²) in [5.74, 6) is 0.169. The van der Waals surface area contributed by atoms with Crippen LogP contribution >= 0.6 is 23.2 Å². The van der Waals surface area contributed by atoms with Crippen LogP contribution in [-0.2, 0) is 14.8 Å². The minimum atomic E-state index is -3.45. The summed E-state index contributed by atoms with van der Waals surface area (Å²) in [6.45, 7) is 8.48. The summed E-state index contributed by atoms with van der Waals surface area (Å²) in [6, 6.07) is 3.44. The monoisotopic (exact) mass is 433 g/mol. The third kappa shape index (κ3) is 6.10. The van der Waals surface area contributed by atoms with Crippen molar-refractivity contribution in [3.05, 3.63) is 39.7 Å². The molecule has 0 radical (unpaired) electrons. The molecule has 6 nitrogen and oxygen atoms in total. The maximum Gasteiger partial charge on any atom is 0.241 e. The molecule has 1 heterocycles. The Bertz CT molecular complexity index is 804. The van der Waals surface area contributed by atoms with Crippen molar-refractivity contribution in [2.75, 3.05) is 25.0 Å². The number of sulfonamides is 1. The van der Waals surface area contributed by atoms with Crippen molar-refractivity contribution < 1.29 is 13.2 Å². The first-order valence-electron chi connectivity index (χ1n) is 8.78. The molecule has 0 bridgehead atoms. The van der Waals surface area contributed by atoms with Gasteiger partial charge in [0.2, 0.25) is 15.9 Å². The number of rotatable bonds is 7. The van der Waals surface area contributed by atoms with Crippen molar-refractivity contribution in [1.82, 2.24) is 9.62 Å². The fourth-order valence-corrected chi connectivity index (χ4v) is 4.30. The summed E-state index contributed by atoms with van der Waals surface area (Å²) < 4.78 is 25.6. The van der Waals surface area contributed by atoms with Crippen LogP contribution in [0, 0.1) is 0 Å². The Labute approximate surface area is 171 Å². The van der Waals surface area contributed by atoms with Gasteiger partial charge in [-0.05, 0) is 36.5 Å². The Kier molecular flexibility index (Phi) is 7.56. The van der Waals surface area contributed by atoms with Crippen LogP contribution in [0.25, 0.3) is 0 Å². The largest absolute Gasteiger partial charge is 0.376 e. The predicted octanol–water partition coefficient (Wildman–Crippen LogP) is 3.58. The molecule has 9 heteroatoms. The van der Waals surface area contributed by atoms with E-state index in [1.807, 2.05) is 19.9 Å². The molecule has 27 heavy (non-hydrogen) atoms. The number of carbonyl (C=O) groups is 1. The molecule has 0 aromatic heterocycles. The fourth-order valence-electron chi connectivity index (χ4n) is 2.95. The molecule has 1 saturated heterocycles. The van der Waals surface area contributed by atoms with E-state index in [-0.39, 0.29) is 24.4 Å². The molecular formula is C18H25Cl2N3O3S. The van der Waals surface area contributed by atoms with Crippen molar-refractivity contribution in [3.8, 4) is 0 Å². The number of amides is 1. The van der Waals surface area contributed by atoms with E-state index in [9.17, 15) is 13.2 Å². The van der Waals surface area contributed by atoms with Gasteiger partial charge in [0.25, 0.3) is 0 Å². The van der Waals surface area contributed by atoms with E-state index >= 15 is 0 Å². The van der Waals surface area contributed by atoms with E-state index in [1.165, 1.54) is 0 Å². The van der Waals surface area contributed by atoms with Gasteiger partial charge in [-0.25, -0.2) is 13.1 Å². The Morgan fingerprint density at radius 1 is 1.33 bits per heavy atom. The van der Waals surface area contributed by atoms with Crippen LogP contribution in [0.2, 0.25) is 10.0 Å². The van der Waals surface area contributed by atoms with E-state index in [0.29, 0.717) is 36.0 Å². The summed E-state index contributed by atoms with van der Waals surface area (Å²) >= 11 is 12.4. The third-order valence-corrected chi connectivity index (χ3v) is 6.44. The van der Waals surface area contributed by atoms with Gasteiger partial charge < -0.3 is 10.2 Å². The normalized spacial score (nSPS) is 15.8. The number of benzene rings is 1. The number of halogens is 2. The molecule has 1 aromatic rings. The summed E-state index contributed by atoms with van der Waals surface area (Å²) in [6.07, 6.45) is 1.15. The van der Waals surface area contributed by atoms with Crippen LogP contribution in [0.4, 0.5) is 5.69 Å². The van der Waals surface area contributed by atoms with Crippen molar-refractivity contribution in [3.63, 3.8) is 0 Å². The molecule has 0 unspecified atom stereocenters. The van der Waals surface area contributed by atoms with Crippen LogP contribution in [-0.4, -0.2) is 44.9 Å². The Hall–Kier alpha value is -1.28. The molecule has 0 atom stereocenters. The summed E-state index contributed by atoms with van der Waals surface area (Å²) in [4.78, 5) is 14.2. The molecule has 150 valence electrons. The topological polar surface area (TPSA) is 78.5 Å². The van der Waals surface area contributed by atoms with Crippen LogP contribution in [0.3, 0.4) is 0 Å². The Morgan fingerprint density at radius 2 is 1.96 bits per heavy atom. The SMILES string of the molecule is C=CS(=O)(=O)NC1CCN(C(=O)CNc2cc(Cl)c(Cl)c(C(C)C)c2)CC1. The van der Waals surface area contributed by atoms with E-state index in [2.05, 4.69) is 16.6 Å². The lowest BCUT2D eigenvalue weighted by Gasteiger charge is -2.32. The number of piperidine rings is 1. The highest BCUT2D eigenvalue weighted by atomic mass is 35.5. The molecule has 1 aliphatic rings. The van der Waals surface area contributed by atoms with Crippen molar-refractivity contribution >= 4 is 44.8 Å². The fraction of sp³-hybridized carbons (Fsp3) is 0.500. The zero-order chi connectivity index (χ0) is 20.2. The number of likely N-dealkylation sites (tertiary alicyclic amines) is 1. The second-order valence-electron chi connectivity index (χ2n) is 6.85. The molecule has 1 fully saturated rings. The average molecular weight is 434 g/mol. The lowest BCUT2D eigenvalue weighted by atomic mass is 10.0. The molecule has 0 saturated carbocycles. The maximum atomic E-state index is 12.4. The van der Waals surface area contributed by atoms with Gasteiger partial charge in [-0.1, -0.05) is 43.6 Å². The quantitative estimate of drug-likeness (QED) is 0.688. The highest BCUT2D eigenvalue weighted by Crippen LogP contribution is 2.34. The molecule has 2 rings (SSSR count). The molecule has 1 aliphatic heterocycles. The highest BCUT2D eigenvalue weighted by molar-refractivity contribution is 7.92. The third-order valence-electron chi connectivity index (χ3n) is 4.52. The van der Waals surface area contributed by atoms with E-state index in [1.54, 1.807) is 11.0 Å². The van der Waals surface area contributed by atoms with Crippen LogP contribution in [0.15, 0.2) is 24.1 Å². The van der Waals surface area contributed by atoms with Crippen LogP contribution < -0.4 is 10.0 Å². The van der Waals surface area contributed by atoms with Gasteiger partial charge >= 0.3 is 0 Å². The van der Waals surface area contributed by atoms with Gasteiger partial charge in [-0.3, -0.25) is 4.79 Å². The summed E-state index contributed by atoms with van der Waals surface area (Å²) in [5.41, 5.74) is 1.67. The predicted molar refractivity (Wildman–Crippen MR) is 111 cm³/mol. The van der Waals surface area contributed by atoms with E-state index < -0.39 is 10.0 Å². The summed E-state index contributed by atoms with van der Waals surface area (Å²) in [5, 5.41) is 4.99. The number of hydrogen-bond acceptors (Lipinski definition) is 4. The number of carbonyl (C=O) groups excluding carboxylic acids is 1. The standard InChI is InChI=1S/C18H25Cl2N3O3S/c1-4-27(25,26)22-13-5-7-23(8-6-13)17(24)11-21-14-9-15(12(2)3)18(20)16(19)10-14/h4,9-10,12-13,21-22H,1,5-8,11H2,2-3H3. The van der Waals surface area contributed by atoms with Gasteiger partial charge in [0.05, 0.1) is 16.6 Å². The minimum absolute atomic E-state index is 0.0443. The zero-order valence-corrected chi connectivity index (χ0v) is 17.8. The molecule has 1 aromatic carbocycles. The van der Waals surface area contributed by atoms with E-state index in [0.717, 1.165) is 16.7 Å². The molecule has 0 aliphatic carbocycles. The highest BCUT2D eigenvalue weighted by Gasteiger charge is 2.24. The second-order valence-corrected chi connectivity index (χ2v) is 9.30. The lowest BCUT2D eigenvalue weighted by Crippen LogP contribution is -2.47. The molecule has 2 N–H and O–H groups in total. The van der Waals surface area contributed by atoms with E-state index in [4.69, 9.17) is 23.2 Å². The van der Waals surface area contributed by atoms with Crippen LogP contribution in [0.1, 0.15) is 38.2 Å². The number of nitrogens with zero attached hydrogens (tertiary/aromatic N) is 1. The first kappa shape index (κ1) is 22.0. The number of hydrogen-bond donors (Lipinski definition) is 2. The molecular weight excluding hydrogens is 409 g/mol. The number of anilines is 1. The first-order valence-corrected chi connectivity index (χ1v) is 11.1. The molecule has 1 amide bonds. The Balaban J connectivity index is 1.89. The van der Waals surface area contributed by atoms with Gasteiger partial charge in [0.15, 0.2) is 0 Å². The van der Waals surface area contributed by atoms with Crippen molar-refractivity contribution in [2.24, 2.45) is 0 Å². The first-order chi connectivity index (χ1) is 12.6. The van der Waals surface area contributed by atoms with Crippen molar-refractivity contribution in [1.29, 1.82) is 0 Å². The van der Waals surface area contributed by atoms with Crippen molar-refractivity contribution in [2.45, 2.75) is 38.6 Å². The average Bonchev–Trinajstić information content (AvgIpc) is 2.62. The zero-order valence-electron chi connectivity index (χ0n) is 15.5. The van der Waals surface area contributed by atoms with Gasteiger partial charge in [0.1, 0.15) is 0 Å². The minimum Gasteiger partial charge on any atom is -0.376 e. The number of nitrogens with one attached hydrogen (secondary N) is 2. The van der Waals surface area contributed by atoms with Gasteiger partial charge in [-0.15, -0.1) is 0 Å². The smallest absolute Gasteiger partial charge is 0.241 e. The lowest BCUT2D eigenvalue weighted by molar-refractivity contribution is -0.130. The Morgan fingerprint density at radius 3 is 2.52 bits per heavy atom.